The third-order valence-electron chi connectivity index (χ3n) is 7.63. The first-order chi connectivity index (χ1) is 20.4. The highest BCUT2D eigenvalue weighted by molar-refractivity contribution is 5.76. The van der Waals surface area contributed by atoms with Crippen molar-refractivity contribution >= 4 is 5.97 Å². The average molecular weight is 604 g/mol. The number of methoxy groups -OCH3 is 1. The topological polar surface area (TPSA) is 86.3 Å². The number of nitrogens with one attached hydrogen (secondary N) is 1. The molecule has 1 unspecified atom stereocenters. The lowest BCUT2D eigenvalue weighted by Gasteiger charge is -2.20. The number of aromatic nitrogens is 3. The Labute approximate surface area is 240 Å². The first kappa shape index (κ1) is 28.6. The van der Waals surface area contributed by atoms with Gasteiger partial charge >= 0.3 is 18.3 Å². The van der Waals surface area contributed by atoms with Crippen LogP contribution in [0.25, 0.3) is 22.5 Å². The van der Waals surface area contributed by atoms with E-state index in [9.17, 15) is 31.1 Å². The molecule has 0 radical (unpaired) electrons. The van der Waals surface area contributed by atoms with Crippen molar-refractivity contribution in [1.82, 2.24) is 15.2 Å². The van der Waals surface area contributed by atoms with Gasteiger partial charge in [0.25, 0.3) is 5.82 Å². The number of esters is 1. The van der Waals surface area contributed by atoms with Crippen LogP contribution in [0.4, 0.5) is 26.3 Å². The van der Waals surface area contributed by atoms with Crippen molar-refractivity contribution in [3.8, 4) is 34.0 Å². The number of ether oxygens (including phenoxy) is 3. The van der Waals surface area contributed by atoms with Crippen LogP contribution in [-0.4, -0.2) is 34.9 Å². The molecule has 2 aliphatic rings. The number of rotatable bonds is 6. The third kappa shape index (κ3) is 5.51. The van der Waals surface area contributed by atoms with E-state index in [1.165, 1.54) is 37.4 Å². The number of alkyl halides is 6. The minimum absolute atomic E-state index is 0.000797. The molecule has 43 heavy (non-hydrogen) atoms. The van der Waals surface area contributed by atoms with Crippen LogP contribution in [0.5, 0.6) is 11.5 Å². The zero-order valence-corrected chi connectivity index (χ0v) is 22.5. The van der Waals surface area contributed by atoms with Gasteiger partial charge in [-0.15, -0.1) is 5.10 Å². The maximum Gasteiger partial charge on any atom is 0.453 e. The number of benzene rings is 3. The molecule has 0 fully saturated rings. The van der Waals surface area contributed by atoms with Gasteiger partial charge in [0.05, 0.1) is 25.7 Å². The molecule has 0 saturated carbocycles. The average Bonchev–Trinajstić information content (AvgIpc) is 3.71. The fourth-order valence-corrected chi connectivity index (χ4v) is 5.61. The zero-order valence-electron chi connectivity index (χ0n) is 22.5. The van der Waals surface area contributed by atoms with E-state index in [0.717, 1.165) is 11.6 Å². The normalized spacial score (nSPS) is 17.7. The van der Waals surface area contributed by atoms with E-state index >= 15 is 0 Å². The summed E-state index contributed by atoms with van der Waals surface area (Å²) in [5.41, 5.74) is 1.63. The molecule has 2 heterocycles. The molecule has 1 N–H and O–H groups in total. The molecule has 6 rings (SSSR count). The van der Waals surface area contributed by atoms with Crippen molar-refractivity contribution in [1.29, 1.82) is 0 Å². The number of halogens is 6. The summed E-state index contributed by atoms with van der Waals surface area (Å²) >= 11 is 0. The molecule has 224 valence electrons. The molecular formula is C30H23F6N3O4. The Bertz CT molecular complexity index is 1680. The van der Waals surface area contributed by atoms with Crippen LogP contribution in [0, 0.1) is 0 Å². The van der Waals surface area contributed by atoms with Crippen LogP contribution in [-0.2, 0) is 28.3 Å². The lowest BCUT2D eigenvalue weighted by atomic mass is 9.91. The van der Waals surface area contributed by atoms with Gasteiger partial charge in [0.15, 0.2) is 5.82 Å². The van der Waals surface area contributed by atoms with Crippen molar-refractivity contribution in [2.75, 3.05) is 13.7 Å². The van der Waals surface area contributed by atoms with Crippen LogP contribution in [0.1, 0.15) is 52.9 Å². The molecule has 0 bridgehead atoms. The molecular weight excluding hydrogens is 580 g/mol. The third-order valence-corrected chi connectivity index (χ3v) is 7.63. The Hall–Kier alpha value is -4.55. The number of carbonyl (C=O) groups excluding carboxylic acids is 1. The Balaban J connectivity index is 1.29. The Morgan fingerprint density at radius 2 is 1.70 bits per heavy atom. The lowest BCUT2D eigenvalue weighted by molar-refractivity contribution is -0.144. The standard InChI is InChI=1S/C30H23F6N3O4/c1-41-25(40)12-17-14-42-24-13-18(6-7-19(17)24)43-23-11-9-21-20(23)8-10-22(29(31,32)33)26(21)15-2-4-16(5-3-15)27-37-28(39-38-27)30(34,35)36/h2-8,10,13,17,23H,9,11-12,14H2,1H3,(H,37,38,39)/t17?,23-/m1/s1. The molecule has 1 aliphatic heterocycles. The van der Waals surface area contributed by atoms with Gasteiger partial charge in [0, 0.05) is 23.1 Å². The number of hydrogen-bond acceptors (Lipinski definition) is 6. The first-order valence-corrected chi connectivity index (χ1v) is 13.3. The van der Waals surface area contributed by atoms with E-state index in [-0.39, 0.29) is 40.8 Å². The van der Waals surface area contributed by atoms with Crippen LogP contribution in [0.15, 0.2) is 54.6 Å². The quantitative estimate of drug-likeness (QED) is 0.184. The van der Waals surface area contributed by atoms with Gasteiger partial charge in [-0.1, -0.05) is 36.4 Å². The maximum absolute atomic E-state index is 14.2. The van der Waals surface area contributed by atoms with Gasteiger partial charge in [-0.05, 0) is 47.2 Å². The van der Waals surface area contributed by atoms with Gasteiger partial charge in [0.2, 0.25) is 0 Å². The number of nitrogens with zero attached hydrogens (tertiary/aromatic N) is 2. The van der Waals surface area contributed by atoms with E-state index in [2.05, 4.69) is 15.2 Å². The van der Waals surface area contributed by atoms with E-state index in [4.69, 9.17) is 14.2 Å². The summed E-state index contributed by atoms with van der Waals surface area (Å²) < 4.78 is 97.9. The number of H-pyrrole nitrogens is 1. The van der Waals surface area contributed by atoms with Crippen molar-refractivity contribution < 1.29 is 45.3 Å². The van der Waals surface area contributed by atoms with E-state index < -0.39 is 29.8 Å². The molecule has 13 heteroatoms. The first-order valence-electron chi connectivity index (χ1n) is 13.3. The Morgan fingerprint density at radius 1 is 0.977 bits per heavy atom. The summed E-state index contributed by atoms with van der Waals surface area (Å²) in [4.78, 5) is 15.1. The molecule has 0 spiro atoms. The van der Waals surface area contributed by atoms with Crippen molar-refractivity contribution in [3.63, 3.8) is 0 Å². The second-order valence-corrected chi connectivity index (χ2v) is 10.3. The Morgan fingerprint density at radius 3 is 2.37 bits per heavy atom. The van der Waals surface area contributed by atoms with E-state index in [0.29, 0.717) is 42.1 Å². The summed E-state index contributed by atoms with van der Waals surface area (Å²) in [6.45, 7) is 0.322. The molecule has 7 nitrogen and oxygen atoms in total. The monoisotopic (exact) mass is 603 g/mol. The van der Waals surface area contributed by atoms with E-state index in [1.807, 2.05) is 6.07 Å². The smallest absolute Gasteiger partial charge is 0.453 e. The molecule has 0 saturated heterocycles. The summed E-state index contributed by atoms with van der Waals surface area (Å²) in [5, 5.41) is 5.38. The summed E-state index contributed by atoms with van der Waals surface area (Å²) in [7, 11) is 1.32. The molecule has 2 atom stereocenters. The van der Waals surface area contributed by atoms with Crippen LogP contribution >= 0.6 is 0 Å². The highest BCUT2D eigenvalue weighted by Crippen LogP contribution is 2.47. The summed E-state index contributed by atoms with van der Waals surface area (Å²) in [6, 6.07) is 13.4. The van der Waals surface area contributed by atoms with Gasteiger partial charge in [-0.3, -0.25) is 9.89 Å². The van der Waals surface area contributed by atoms with E-state index in [1.54, 1.807) is 12.1 Å². The predicted molar refractivity (Wildman–Crippen MR) is 140 cm³/mol. The van der Waals surface area contributed by atoms with Crippen molar-refractivity contribution in [2.24, 2.45) is 0 Å². The largest absolute Gasteiger partial charge is 0.492 e. The lowest BCUT2D eigenvalue weighted by Crippen LogP contribution is -2.10. The summed E-state index contributed by atoms with van der Waals surface area (Å²) in [5.74, 6) is -0.931. The minimum Gasteiger partial charge on any atom is -0.492 e. The molecule has 1 aromatic heterocycles. The van der Waals surface area contributed by atoms with Crippen molar-refractivity contribution in [3.05, 3.63) is 82.7 Å². The van der Waals surface area contributed by atoms with Gasteiger partial charge < -0.3 is 14.2 Å². The maximum atomic E-state index is 14.2. The molecule has 1 aliphatic carbocycles. The van der Waals surface area contributed by atoms with Crippen molar-refractivity contribution in [2.45, 2.75) is 43.6 Å². The van der Waals surface area contributed by atoms with Crippen LogP contribution in [0.2, 0.25) is 0 Å². The fraction of sp³-hybridized carbons (Fsp3) is 0.300. The SMILES string of the molecule is COC(=O)CC1COc2cc(O[C@@H]3CCc4c3ccc(C(F)(F)F)c4-c3ccc(-c4nc(C(F)(F)F)n[nH]4)cc3)ccc21. The molecule has 3 aromatic carbocycles. The highest BCUT2D eigenvalue weighted by atomic mass is 19.4. The number of hydrogen-bond donors (Lipinski definition) is 1. The fourth-order valence-electron chi connectivity index (χ4n) is 5.61. The van der Waals surface area contributed by atoms with Gasteiger partial charge in [0.1, 0.15) is 17.6 Å². The molecule has 4 aromatic rings. The number of aromatic amines is 1. The molecule has 0 amide bonds. The predicted octanol–water partition coefficient (Wildman–Crippen LogP) is 7.28. The zero-order chi connectivity index (χ0) is 30.5. The van der Waals surface area contributed by atoms with Crippen LogP contribution < -0.4 is 9.47 Å². The minimum atomic E-state index is -4.74. The summed E-state index contributed by atoms with van der Waals surface area (Å²) in [6.07, 6.45) is -8.97. The number of fused-ring (bicyclic) bond motifs is 2. The van der Waals surface area contributed by atoms with Gasteiger partial charge in [-0.25, -0.2) is 4.98 Å². The second kappa shape index (κ2) is 10.6. The second-order valence-electron chi connectivity index (χ2n) is 10.3. The highest BCUT2D eigenvalue weighted by Gasteiger charge is 2.39. The van der Waals surface area contributed by atoms with Crippen LogP contribution in [0.3, 0.4) is 0 Å². The Kier molecular flexibility index (Phi) is 7.05. The van der Waals surface area contributed by atoms with Gasteiger partial charge in [-0.2, -0.15) is 26.3 Å². The number of carbonyl (C=O) groups is 1.